The van der Waals surface area contributed by atoms with Gasteiger partial charge in [0.05, 0.1) is 0 Å². The molecule has 1 nitrogen and oxygen atoms in total. The van der Waals surface area contributed by atoms with Crippen LogP contribution in [0.5, 0.6) is 5.75 Å². The van der Waals surface area contributed by atoms with Gasteiger partial charge in [-0.2, -0.15) is 0 Å². The normalized spacial score (nSPS) is 9.11. The molecule has 1 aromatic carbocycles. The molecule has 0 fully saturated rings. The fourth-order valence-corrected chi connectivity index (χ4v) is 1.07. The van der Waals surface area contributed by atoms with Crippen LogP contribution in [-0.4, -0.2) is 0 Å². The SMILES string of the molecule is [CH2]Oc1cccc(I)c1. The van der Waals surface area contributed by atoms with E-state index in [1.54, 1.807) is 0 Å². The van der Waals surface area contributed by atoms with Gasteiger partial charge in [-0.15, -0.1) is 0 Å². The van der Waals surface area contributed by atoms with Gasteiger partial charge in [-0.05, 0) is 40.8 Å². The quantitative estimate of drug-likeness (QED) is 0.677. The Morgan fingerprint density at radius 1 is 1.44 bits per heavy atom. The lowest BCUT2D eigenvalue weighted by Crippen LogP contribution is -1.78. The van der Waals surface area contributed by atoms with Gasteiger partial charge in [0, 0.05) is 3.57 Å². The Kier molecular flexibility index (Phi) is 2.33. The largest absolute Gasteiger partial charge is 0.490 e. The van der Waals surface area contributed by atoms with Crippen LogP contribution >= 0.6 is 22.6 Å². The van der Waals surface area contributed by atoms with E-state index in [2.05, 4.69) is 29.7 Å². The van der Waals surface area contributed by atoms with E-state index < -0.39 is 0 Å². The van der Waals surface area contributed by atoms with Crippen molar-refractivity contribution in [2.45, 2.75) is 0 Å². The van der Waals surface area contributed by atoms with Crippen LogP contribution in [0.15, 0.2) is 24.3 Å². The zero-order valence-corrected chi connectivity index (χ0v) is 6.96. The molecule has 2 heteroatoms. The molecule has 1 rings (SSSR count). The minimum Gasteiger partial charge on any atom is -0.490 e. The van der Waals surface area contributed by atoms with Crippen molar-refractivity contribution < 1.29 is 4.74 Å². The monoisotopic (exact) mass is 233 g/mol. The summed E-state index contributed by atoms with van der Waals surface area (Å²) in [5.41, 5.74) is 0. The van der Waals surface area contributed by atoms with E-state index in [1.807, 2.05) is 24.3 Å². The number of benzene rings is 1. The molecule has 0 aromatic heterocycles. The van der Waals surface area contributed by atoms with Gasteiger partial charge in [0.1, 0.15) is 12.9 Å². The molecule has 0 N–H and O–H groups in total. The zero-order chi connectivity index (χ0) is 6.69. The molecule has 0 unspecified atom stereocenters. The molecule has 9 heavy (non-hydrogen) atoms. The van der Waals surface area contributed by atoms with Crippen LogP contribution in [0.25, 0.3) is 0 Å². The Bertz CT molecular complexity index is 198. The van der Waals surface area contributed by atoms with Gasteiger partial charge in [-0.25, -0.2) is 0 Å². The first-order chi connectivity index (χ1) is 4.33. The second-order valence-electron chi connectivity index (χ2n) is 1.60. The van der Waals surface area contributed by atoms with Crippen LogP contribution in [0, 0.1) is 10.7 Å². The third-order valence-electron chi connectivity index (χ3n) is 0.963. The molecule has 0 aliphatic rings. The van der Waals surface area contributed by atoms with Crippen molar-refractivity contribution in [2.24, 2.45) is 0 Å². The average Bonchev–Trinajstić information content (AvgIpc) is 1.88. The van der Waals surface area contributed by atoms with Gasteiger partial charge in [0.2, 0.25) is 0 Å². The van der Waals surface area contributed by atoms with Crippen molar-refractivity contribution in [1.82, 2.24) is 0 Å². The first kappa shape index (κ1) is 6.86. The summed E-state index contributed by atoms with van der Waals surface area (Å²) in [6.45, 7) is 0. The summed E-state index contributed by atoms with van der Waals surface area (Å²) in [6, 6.07) is 7.73. The Hall–Kier alpha value is -0.250. The summed E-state index contributed by atoms with van der Waals surface area (Å²) in [5, 5.41) is 0. The number of hydrogen-bond acceptors (Lipinski definition) is 1. The summed E-state index contributed by atoms with van der Waals surface area (Å²) < 4.78 is 5.90. The summed E-state index contributed by atoms with van der Waals surface area (Å²) in [7, 11) is 3.29. The second kappa shape index (κ2) is 3.06. The van der Waals surface area contributed by atoms with E-state index in [1.165, 1.54) is 0 Å². The van der Waals surface area contributed by atoms with Crippen molar-refractivity contribution >= 4 is 22.6 Å². The lowest BCUT2D eigenvalue weighted by atomic mass is 10.3. The van der Waals surface area contributed by atoms with Crippen molar-refractivity contribution in [3.63, 3.8) is 0 Å². The van der Waals surface area contributed by atoms with Crippen LogP contribution in [0.3, 0.4) is 0 Å². The third kappa shape index (κ3) is 1.86. The zero-order valence-electron chi connectivity index (χ0n) is 4.80. The molecule has 1 aromatic rings. The highest BCUT2D eigenvalue weighted by Gasteiger charge is 1.88. The van der Waals surface area contributed by atoms with E-state index in [-0.39, 0.29) is 0 Å². The smallest absolute Gasteiger partial charge is 0.122 e. The molecule has 0 amide bonds. The summed E-state index contributed by atoms with van der Waals surface area (Å²) >= 11 is 2.22. The Labute approximate surface area is 68.2 Å². The maximum absolute atomic E-state index is 4.74. The molecule has 0 saturated carbocycles. The van der Waals surface area contributed by atoms with Gasteiger partial charge in [0.15, 0.2) is 0 Å². The van der Waals surface area contributed by atoms with Crippen molar-refractivity contribution in [1.29, 1.82) is 0 Å². The lowest BCUT2D eigenvalue weighted by Gasteiger charge is -1.96. The molecule has 47 valence electrons. The molecule has 0 heterocycles. The molecule has 0 bridgehead atoms. The van der Waals surface area contributed by atoms with E-state index in [0.29, 0.717) is 0 Å². The fourth-order valence-electron chi connectivity index (χ4n) is 0.557. The molecule has 0 aliphatic heterocycles. The predicted octanol–water partition coefficient (Wildman–Crippen LogP) is 2.46. The molecule has 0 spiro atoms. The standard InChI is InChI=1S/C7H6IO/c1-9-7-4-2-3-6(8)5-7/h2-5H,1H2. The van der Waals surface area contributed by atoms with Gasteiger partial charge in [0.25, 0.3) is 0 Å². The molecular formula is C7H6IO. The Balaban J connectivity index is 2.94. The molecule has 1 radical (unpaired) electrons. The van der Waals surface area contributed by atoms with Crippen LogP contribution < -0.4 is 4.74 Å². The van der Waals surface area contributed by atoms with Crippen molar-refractivity contribution in [3.05, 3.63) is 34.9 Å². The minimum atomic E-state index is 0.807. The van der Waals surface area contributed by atoms with Crippen molar-refractivity contribution in [3.8, 4) is 5.75 Å². The maximum Gasteiger partial charge on any atom is 0.122 e. The van der Waals surface area contributed by atoms with E-state index >= 15 is 0 Å². The summed E-state index contributed by atoms with van der Waals surface area (Å²) in [6.07, 6.45) is 0. The highest BCUT2D eigenvalue weighted by Crippen LogP contribution is 2.13. The fraction of sp³-hybridized carbons (Fsp3) is 0. The lowest BCUT2D eigenvalue weighted by molar-refractivity contribution is 0.472. The number of ether oxygens (including phenoxy) is 1. The first-order valence-corrected chi connectivity index (χ1v) is 3.58. The highest BCUT2D eigenvalue weighted by atomic mass is 127. The molecule has 0 saturated heterocycles. The van der Waals surface area contributed by atoms with E-state index in [0.717, 1.165) is 9.32 Å². The number of hydrogen-bond donors (Lipinski definition) is 0. The van der Waals surface area contributed by atoms with Crippen LogP contribution in [-0.2, 0) is 0 Å². The minimum absolute atomic E-state index is 0.807. The van der Waals surface area contributed by atoms with E-state index in [9.17, 15) is 0 Å². The second-order valence-corrected chi connectivity index (χ2v) is 2.85. The molecular weight excluding hydrogens is 227 g/mol. The number of rotatable bonds is 1. The Morgan fingerprint density at radius 2 is 2.22 bits per heavy atom. The summed E-state index contributed by atoms with van der Waals surface area (Å²) in [4.78, 5) is 0. The van der Waals surface area contributed by atoms with Gasteiger partial charge >= 0.3 is 0 Å². The summed E-state index contributed by atoms with van der Waals surface area (Å²) in [5.74, 6) is 0.807. The number of halogens is 1. The van der Waals surface area contributed by atoms with Crippen LogP contribution in [0.4, 0.5) is 0 Å². The highest BCUT2D eigenvalue weighted by molar-refractivity contribution is 14.1. The van der Waals surface area contributed by atoms with Gasteiger partial charge in [-0.3, -0.25) is 0 Å². The topological polar surface area (TPSA) is 9.23 Å². The molecule has 0 aliphatic carbocycles. The average molecular weight is 233 g/mol. The first-order valence-electron chi connectivity index (χ1n) is 2.50. The maximum atomic E-state index is 4.74. The predicted molar refractivity (Wildman–Crippen MR) is 45.1 cm³/mol. The van der Waals surface area contributed by atoms with E-state index in [4.69, 9.17) is 4.74 Å². The third-order valence-corrected chi connectivity index (χ3v) is 1.63. The van der Waals surface area contributed by atoms with Crippen LogP contribution in [0.2, 0.25) is 0 Å². The van der Waals surface area contributed by atoms with Crippen LogP contribution in [0.1, 0.15) is 0 Å². The molecule has 0 atom stereocenters. The van der Waals surface area contributed by atoms with Gasteiger partial charge in [-0.1, -0.05) is 6.07 Å². The van der Waals surface area contributed by atoms with Crippen molar-refractivity contribution in [2.75, 3.05) is 0 Å². The Morgan fingerprint density at radius 3 is 2.67 bits per heavy atom. The van der Waals surface area contributed by atoms with Gasteiger partial charge < -0.3 is 4.74 Å².